The SMILES string of the molecule is O=C(/C=C(\O)C(F)(F)F)C(F)(F)F.O=P(c1ccccc1)(c1ccccc1)c1ccccc1-c1ccccc1.O=P(c1ccccc1)(c1ccccc1)c1ccccc1-c1ccccc1.[Eu]. The van der Waals surface area contributed by atoms with E-state index in [0.717, 1.165) is 54.1 Å². The first kappa shape index (κ1) is 51.6. The number of aliphatic hydroxyl groups is 1. The van der Waals surface area contributed by atoms with Crippen LogP contribution in [0.3, 0.4) is 0 Å². The van der Waals surface area contributed by atoms with Crippen LogP contribution in [0.15, 0.2) is 242 Å². The Labute approximate surface area is 420 Å². The van der Waals surface area contributed by atoms with Gasteiger partial charge in [0.2, 0.25) is 5.76 Å². The van der Waals surface area contributed by atoms with Crippen molar-refractivity contribution in [1.29, 1.82) is 0 Å². The summed E-state index contributed by atoms with van der Waals surface area (Å²) in [5, 5.41) is 13.1. The van der Waals surface area contributed by atoms with Crippen LogP contribution in [-0.4, -0.2) is 23.2 Å². The molecule has 66 heavy (non-hydrogen) atoms. The monoisotopic (exact) mass is 1070 g/mol. The van der Waals surface area contributed by atoms with E-state index >= 15 is 0 Å². The smallest absolute Gasteiger partial charge is 0.454 e. The van der Waals surface area contributed by atoms with Crippen LogP contribution in [0.2, 0.25) is 0 Å². The molecule has 0 aliphatic rings. The van der Waals surface area contributed by atoms with E-state index in [9.17, 15) is 40.3 Å². The molecule has 0 saturated heterocycles. The Kier molecular flexibility index (Phi) is 18.3. The number of allylic oxidation sites excluding steroid dienone is 2. The van der Waals surface area contributed by atoms with Gasteiger partial charge in [-0.05, 0) is 22.3 Å². The summed E-state index contributed by atoms with van der Waals surface area (Å²) in [6.07, 6.45) is -11.7. The molecule has 0 amide bonds. The van der Waals surface area contributed by atoms with Gasteiger partial charge >= 0.3 is 12.4 Å². The van der Waals surface area contributed by atoms with Gasteiger partial charge in [-0.3, -0.25) is 4.79 Å². The molecule has 0 aliphatic heterocycles. The van der Waals surface area contributed by atoms with Gasteiger partial charge in [-0.15, -0.1) is 0 Å². The Hall–Kier alpha value is -5.41. The fraction of sp³-hybridized carbons (Fsp3) is 0.0377. The molecule has 0 aliphatic carbocycles. The molecule has 8 aromatic carbocycles. The number of carbonyl (C=O) groups excluding carboxylic acids is 1. The molecule has 4 nitrogen and oxygen atoms in total. The molecule has 0 unspecified atom stereocenters. The van der Waals surface area contributed by atoms with Gasteiger partial charge in [0.25, 0.3) is 5.78 Å². The fourth-order valence-corrected chi connectivity index (χ4v) is 12.7. The molecule has 1 radical (unpaired) electrons. The Bertz CT molecular complexity index is 2660. The number of ketones is 1. The van der Waals surface area contributed by atoms with Crippen molar-refractivity contribution >= 4 is 51.9 Å². The van der Waals surface area contributed by atoms with E-state index in [2.05, 4.69) is 36.4 Å². The molecule has 0 spiro atoms. The van der Waals surface area contributed by atoms with E-state index in [4.69, 9.17) is 5.11 Å². The molecule has 0 aromatic heterocycles. The largest absolute Gasteiger partial charge is 0.504 e. The van der Waals surface area contributed by atoms with E-state index in [1.54, 1.807) is 0 Å². The molecular formula is C53H40EuF6O4P2. The summed E-state index contributed by atoms with van der Waals surface area (Å²) in [5.41, 5.74) is 4.19. The number of carbonyl (C=O) groups is 1. The summed E-state index contributed by atoms with van der Waals surface area (Å²) in [6.45, 7) is 0. The number of halogens is 6. The topological polar surface area (TPSA) is 71.4 Å². The van der Waals surface area contributed by atoms with Crippen LogP contribution in [-0.2, 0) is 13.9 Å². The standard InChI is InChI=1S/2C24H19OP.C5H2F6O2.Eu/c2*25-26(21-14-6-2-7-15-21,22-16-8-3-9-17-22)24-19-11-10-18-23(24)20-12-4-1-5-13-20;6-4(7,8)2(12)1-3(13)5(9,10)11;/h2*1-19H;1,12H;/b;;2-1-;. The van der Waals surface area contributed by atoms with Crippen molar-refractivity contribution in [3.63, 3.8) is 0 Å². The Morgan fingerprint density at radius 3 is 0.879 bits per heavy atom. The molecule has 1 N–H and O–H groups in total. The second-order valence-electron chi connectivity index (χ2n) is 14.2. The van der Waals surface area contributed by atoms with E-state index < -0.39 is 44.3 Å². The zero-order valence-electron chi connectivity index (χ0n) is 34.7. The van der Waals surface area contributed by atoms with Gasteiger partial charge in [0.1, 0.15) is 0 Å². The predicted molar refractivity (Wildman–Crippen MR) is 250 cm³/mol. The third-order valence-corrected chi connectivity index (χ3v) is 16.2. The van der Waals surface area contributed by atoms with Gasteiger partial charge in [-0.25, -0.2) is 0 Å². The van der Waals surface area contributed by atoms with Crippen LogP contribution in [0.4, 0.5) is 26.3 Å². The predicted octanol–water partition coefficient (Wildman–Crippen LogP) is 12.1. The Morgan fingerprint density at radius 2 is 0.621 bits per heavy atom. The number of rotatable bonds is 9. The maximum atomic E-state index is 14.6. The van der Waals surface area contributed by atoms with Crippen molar-refractivity contribution < 1.29 is 94.8 Å². The third-order valence-electron chi connectivity index (χ3n) is 9.97. The normalized spacial score (nSPS) is 11.7. The molecule has 0 saturated carbocycles. The first-order valence-corrected chi connectivity index (χ1v) is 23.4. The molecule has 0 atom stereocenters. The van der Waals surface area contributed by atoms with Crippen molar-refractivity contribution in [1.82, 2.24) is 0 Å². The average Bonchev–Trinajstić information content (AvgIpc) is 3.35. The number of hydrogen-bond acceptors (Lipinski definition) is 4. The summed E-state index contributed by atoms with van der Waals surface area (Å²) < 4.78 is 97.3. The van der Waals surface area contributed by atoms with Gasteiger partial charge in [-0.1, -0.05) is 231 Å². The van der Waals surface area contributed by atoms with Crippen LogP contribution in [0.5, 0.6) is 0 Å². The minimum atomic E-state index is -5.42. The number of alkyl halides is 6. The second kappa shape index (κ2) is 23.4. The van der Waals surface area contributed by atoms with Crippen molar-refractivity contribution in [2.24, 2.45) is 0 Å². The number of hydrogen-bond donors (Lipinski definition) is 1. The van der Waals surface area contributed by atoms with Crippen LogP contribution >= 0.6 is 14.3 Å². The fourth-order valence-electron chi connectivity index (χ4n) is 6.91. The summed E-state index contributed by atoms with van der Waals surface area (Å²) in [5.74, 6) is -5.34. The van der Waals surface area contributed by atoms with Gasteiger partial charge in [0.15, 0.2) is 14.3 Å². The first-order valence-electron chi connectivity index (χ1n) is 20.0. The van der Waals surface area contributed by atoms with Crippen molar-refractivity contribution in [2.45, 2.75) is 12.4 Å². The van der Waals surface area contributed by atoms with Gasteiger partial charge in [-0.2, -0.15) is 26.3 Å². The molecule has 8 rings (SSSR count). The summed E-state index contributed by atoms with van der Waals surface area (Å²) in [7, 11) is -5.96. The first-order chi connectivity index (χ1) is 31.1. The molecule has 13 heteroatoms. The van der Waals surface area contributed by atoms with Gasteiger partial charge in [0.05, 0.1) is 0 Å². The van der Waals surface area contributed by atoms with Crippen molar-refractivity contribution in [2.75, 3.05) is 0 Å². The van der Waals surface area contributed by atoms with Gasteiger partial charge < -0.3 is 14.2 Å². The van der Waals surface area contributed by atoms with E-state index in [1.807, 2.05) is 194 Å². The maximum absolute atomic E-state index is 14.6. The average molecular weight is 1070 g/mol. The van der Waals surface area contributed by atoms with Crippen LogP contribution in [0.1, 0.15) is 0 Å². The summed E-state index contributed by atoms with van der Waals surface area (Å²) in [6, 6.07) is 75.6. The van der Waals surface area contributed by atoms with Crippen LogP contribution in [0, 0.1) is 49.4 Å². The second-order valence-corrected chi connectivity index (χ2v) is 19.7. The summed E-state index contributed by atoms with van der Waals surface area (Å²) >= 11 is 0. The van der Waals surface area contributed by atoms with Gasteiger partial charge in [0, 0.05) is 87.3 Å². The van der Waals surface area contributed by atoms with E-state index in [-0.39, 0.29) is 49.4 Å². The minimum Gasteiger partial charge on any atom is -0.504 e. The van der Waals surface area contributed by atoms with Crippen LogP contribution in [0.25, 0.3) is 22.3 Å². The number of benzene rings is 8. The quantitative estimate of drug-likeness (QED) is 0.0677. The third kappa shape index (κ3) is 12.5. The zero-order chi connectivity index (χ0) is 46.5. The molecule has 0 fully saturated rings. The molecule has 0 bridgehead atoms. The molecule has 0 heterocycles. The Morgan fingerprint density at radius 1 is 0.379 bits per heavy atom. The van der Waals surface area contributed by atoms with Crippen molar-refractivity contribution in [3.8, 4) is 22.3 Å². The minimum absolute atomic E-state index is 0. The van der Waals surface area contributed by atoms with Crippen LogP contribution < -0.4 is 31.8 Å². The molecule has 335 valence electrons. The molecular weight excluding hydrogens is 1030 g/mol. The number of aliphatic hydroxyl groups excluding tert-OH is 1. The van der Waals surface area contributed by atoms with E-state index in [0.29, 0.717) is 0 Å². The Balaban J connectivity index is 0.000000196. The van der Waals surface area contributed by atoms with E-state index in [1.165, 1.54) is 0 Å². The zero-order valence-corrected chi connectivity index (χ0v) is 38.9. The van der Waals surface area contributed by atoms with Crippen molar-refractivity contribution in [3.05, 3.63) is 242 Å². The molecule has 8 aromatic rings. The summed E-state index contributed by atoms with van der Waals surface area (Å²) in [4.78, 5) is 9.86. The maximum Gasteiger partial charge on any atom is 0.454 e.